The van der Waals surface area contributed by atoms with Crippen molar-refractivity contribution in [2.24, 2.45) is 4.99 Å². The van der Waals surface area contributed by atoms with E-state index in [1.165, 1.54) is 0 Å². The molecule has 0 unspecified atom stereocenters. The molecule has 0 spiro atoms. The number of amidine groups is 1. The van der Waals surface area contributed by atoms with Crippen molar-refractivity contribution in [2.75, 3.05) is 18.5 Å². The SMILES string of the molecule is CCC1=NC[C@@H](O)c2ncn([C@H]3C[C@@H](O)[C@@H](CO)O3)c2N1. The number of imidazole rings is 1. The van der Waals surface area contributed by atoms with E-state index in [9.17, 15) is 15.3 Å². The molecule has 1 aromatic heterocycles. The third-order valence-corrected chi connectivity index (χ3v) is 3.88. The number of hydrogen-bond donors (Lipinski definition) is 4. The number of nitrogens with zero attached hydrogens (tertiary/aromatic N) is 3. The Morgan fingerprint density at radius 2 is 2.29 bits per heavy atom. The summed E-state index contributed by atoms with van der Waals surface area (Å²) in [6.45, 7) is 2.02. The van der Waals surface area contributed by atoms with Crippen LogP contribution in [0.3, 0.4) is 0 Å². The lowest BCUT2D eigenvalue weighted by Crippen LogP contribution is -2.24. The smallest absolute Gasteiger partial charge is 0.139 e. The van der Waals surface area contributed by atoms with Gasteiger partial charge in [-0.15, -0.1) is 0 Å². The molecule has 116 valence electrons. The minimum absolute atomic E-state index is 0.230. The Kier molecular flexibility index (Phi) is 3.94. The molecule has 1 aromatic rings. The van der Waals surface area contributed by atoms with Gasteiger partial charge in [-0.05, 0) is 0 Å². The zero-order valence-corrected chi connectivity index (χ0v) is 11.8. The second kappa shape index (κ2) is 5.72. The van der Waals surface area contributed by atoms with E-state index in [0.717, 1.165) is 5.84 Å². The summed E-state index contributed by atoms with van der Waals surface area (Å²) in [6.07, 6.45) is 0.157. The highest BCUT2D eigenvalue weighted by Gasteiger charge is 2.36. The Labute approximate surface area is 122 Å². The molecule has 2 aliphatic rings. The van der Waals surface area contributed by atoms with Crippen LogP contribution in [0, 0.1) is 0 Å². The van der Waals surface area contributed by atoms with Crippen LogP contribution < -0.4 is 5.32 Å². The largest absolute Gasteiger partial charge is 0.394 e. The number of hydrogen-bond acceptors (Lipinski definition) is 7. The molecular weight excluding hydrogens is 276 g/mol. The minimum Gasteiger partial charge on any atom is -0.394 e. The third-order valence-electron chi connectivity index (χ3n) is 3.88. The number of nitrogens with one attached hydrogen (secondary N) is 1. The first kappa shape index (κ1) is 14.5. The van der Waals surface area contributed by atoms with Gasteiger partial charge in [-0.25, -0.2) is 4.98 Å². The van der Waals surface area contributed by atoms with Crippen LogP contribution in [0.1, 0.15) is 37.8 Å². The highest BCUT2D eigenvalue weighted by atomic mass is 16.5. The number of ether oxygens (including phenoxy) is 1. The van der Waals surface area contributed by atoms with Gasteiger partial charge in [-0.3, -0.25) is 9.56 Å². The number of fused-ring (bicyclic) bond motifs is 1. The van der Waals surface area contributed by atoms with Crippen molar-refractivity contribution >= 4 is 11.7 Å². The molecule has 21 heavy (non-hydrogen) atoms. The summed E-state index contributed by atoms with van der Waals surface area (Å²) in [7, 11) is 0. The lowest BCUT2D eigenvalue weighted by molar-refractivity contribution is -0.0437. The standard InChI is InChI=1S/C13H20N4O4/c1-2-10-14-4-8(20)12-13(16-10)17(6-15-12)11-3-7(19)9(5-18)21-11/h6-9,11,18-20H,2-5H2,1H3,(H,14,16)/t7-,8-,9-,11-/m1/s1. The molecule has 0 aliphatic carbocycles. The summed E-state index contributed by atoms with van der Waals surface area (Å²) in [5.74, 6) is 1.41. The van der Waals surface area contributed by atoms with Crippen molar-refractivity contribution in [2.45, 2.75) is 44.3 Å². The zero-order chi connectivity index (χ0) is 15.0. The Hall–Kier alpha value is -1.48. The summed E-state index contributed by atoms with van der Waals surface area (Å²) in [6, 6.07) is 0. The molecule has 0 aromatic carbocycles. The molecular formula is C13H20N4O4. The second-order valence-electron chi connectivity index (χ2n) is 5.28. The second-order valence-corrected chi connectivity index (χ2v) is 5.28. The van der Waals surface area contributed by atoms with Crippen molar-refractivity contribution < 1.29 is 20.1 Å². The van der Waals surface area contributed by atoms with Gasteiger partial charge in [-0.1, -0.05) is 6.92 Å². The third kappa shape index (κ3) is 2.55. The van der Waals surface area contributed by atoms with Gasteiger partial charge in [-0.2, -0.15) is 0 Å². The molecule has 0 bridgehead atoms. The highest BCUT2D eigenvalue weighted by Crippen LogP contribution is 2.34. The highest BCUT2D eigenvalue weighted by molar-refractivity contribution is 5.95. The molecule has 0 radical (unpaired) electrons. The molecule has 4 N–H and O–H groups in total. The molecule has 1 saturated heterocycles. The summed E-state index contributed by atoms with van der Waals surface area (Å²) >= 11 is 0. The van der Waals surface area contributed by atoms with Gasteiger partial charge < -0.3 is 25.4 Å². The van der Waals surface area contributed by atoms with E-state index in [2.05, 4.69) is 15.3 Å². The fraction of sp³-hybridized carbons (Fsp3) is 0.692. The van der Waals surface area contributed by atoms with Crippen LogP contribution in [0.25, 0.3) is 0 Å². The summed E-state index contributed by atoms with van der Waals surface area (Å²) in [4.78, 5) is 8.54. The lowest BCUT2D eigenvalue weighted by atomic mass is 10.2. The van der Waals surface area contributed by atoms with Crippen molar-refractivity contribution in [3.8, 4) is 0 Å². The number of aromatic nitrogens is 2. The van der Waals surface area contributed by atoms with Crippen LogP contribution in [0.15, 0.2) is 11.3 Å². The van der Waals surface area contributed by atoms with Crippen LogP contribution in [-0.4, -0.2) is 56.1 Å². The number of anilines is 1. The maximum absolute atomic E-state index is 10.1. The van der Waals surface area contributed by atoms with Crippen molar-refractivity contribution in [1.29, 1.82) is 0 Å². The van der Waals surface area contributed by atoms with E-state index in [1.54, 1.807) is 10.9 Å². The molecule has 1 fully saturated rings. The quantitative estimate of drug-likeness (QED) is 0.614. The van der Waals surface area contributed by atoms with Gasteiger partial charge in [0.25, 0.3) is 0 Å². The Balaban J connectivity index is 1.91. The first-order chi connectivity index (χ1) is 10.1. The average molecular weight is 296 g/mol. The van der Waals surface area contributed by atoms with Crippen molar-refractivity contribution in [1.82, 2.24) is 9.55 Å². The van der Waals surface area contributed by atoms with E-state index >= 15 is 0 Å². The monoisotopic (exact) mass is 296 g/mol. The van der Waals surface area contributed by atoms with Gasteiger partial charge in [0.2, 0.25) is 0 Å². The number of aliphatic imine (C=N–C) groups is 1. The van der Waals surface area contributed by atoms with Gasteiger partial charge in [0.05, 0.1) is 25.6 Å². The fourth-order valence-corrected chi connectivity index (χ4v) is 2.68. The predicted octanol–water partition coefficient (Wildman–Crippen LogP) is -0.209. The van der Waals surface area contributed by atoms with E-state index in [1.807, 2.05) is 6.92 Å². The minimum atomic E-state index is -0.766. The van der Waals surface area contributed by atoms with E-state index in [4.69, 9.17) is 4.74 Å². The van der Waals surface area contributed by atoms with Gasteiger partial charge in [0.1, 0.15) is 35.8 Å². The van der Waals surface area contributed by atoms with Crippen LogP contribution in [0.5, 0.6) is 0 Å². The molecule has 3 heterocycles. The summed E-state index contributed by atoms with van der Waals surface area (Å²) < 4.78 is 7.38. The van der Waals surface area contributed by atoms with Crippen molar-refractivity contribution in [3.05, 3.63) is 12.0 Å². The molecule has 0 saturated carbocycles. The first-order valence-corrected chi connectivity index (χ1v) is 7.13. The van der Waals surface area contributed by atoms with E-state index in [-0.39, 0.29) is 13.2 Å². The van der Waals surface area contributed by atoms with Crippen LogP contribution in [0.4, 0.5) is 5.82 Å². The lowest BCUT2D eigenvalue weighted by Gasteiger charge is -2.17. The normalized spacial score (nSPS) is 32.3. The Morgan fingerprint density at radius 1 is 1.48 bits per heavy atom. The number of rotatable bonds is 3. The molecule has 8 nitrogen and oxygen atoms in total. The maximum atomic E-state index is 10.1. The maximum Gasteiger partial charge on any atom is 0.139 e. The van der Waals surface area contributed by atoms with Crippen LogP contribution in [0.2, 0.25) is 0 Å². The van der Waals surface area contributed by atoms with Crippen molar-refractivity contribution in [3.63, 3.8) is 0 Å². The molecule has 3 rings (SSSR count). The number of aliphatic hydroxyl groups is 3. The summed E-state index contributed by atoms with van der Waals surface area (Å²) in [5.41, 5.74) is 0.521. The van der Waals surface area contributed by atoms with Crippen LogP contribution >= 0.6 is 0 Å². The molecule has 0 amide bonds. The topological polar surface area (TPSA) is 112 Å². The van der Waals surface area contributed by atoms with Gasteiger partial charge in [0, 0.05) is 12.8 Å². The summed E-state index contributed by atoms with van der Waals surface area (Å²) in [5, 5.41) is 32.3. The number of aliphatic hydroxyl groups excluding tert-OH is 3. The molecule has 2 aliphatic heterocycles. The Morgan fingerprint density at radius 3 is 2.95 bits per heavy atom. The first-order valence-electron chi connectivity index (χ1n) is 7.13. The molecule has 4 atom stereocenters. The van der Waals surface area contributed by atoms with E-state index in [0.29, 0.717) is 24.4 Å². The average Bonchev–Trinajstić information content (AvgIpc) is 3.02. The van der Waals surface area contributed by atoms with Crippen LogP contribution in [-0.2, 0) is 4.74 Å². The zero-order valence-electron chi connectivity index (χ0n) is 11.8. The fourth-order valence-electron chi connectivity index (χ4n) is 2.68. The van der Waals surface area contributed by atoms with Gasteiger partial charge >= 0.3 is 0 Å². The van der Waals surface area contributed by atoms with E-state index < -0.39 is 24.5 Å². The Bertz CT molecular complexity index is 544. The van der Waals surface area contributed by atoms with Gasteiger partial charge in [0.15, 0.2) is 0 Å². The molecule has 8 heteroatoms. The predicted molar refractivity (Wildman–Crippen MR) is 75.0 cm³/mol.